The molecular weight excluding hydrogens is 298 g/mol. The molecule has 1 amide bonds. The second-order valence-corrected chi connectivity index (χ2v) is 7.57. The highest BCUT2D eigenvalue weighted by atomic mass is 32.2. The van der Waals surface area contributed by atoms with Crippen LogP contribution < -0.4 is 5.32 Å². The van der Waals surface area contributed by atoms with Crippen LogP contribution in [0.4, 0.5) is 0 Å². The number of carbonyl (C=O) groups is 1. The quantitative estimate of drug-likeness (QED) is 0.808. The normalized spacial score (nSPS) is 12.1. The molecule has 21 heavy (non-hydrogen) atoms. The van der Waals surface area contributed by atoms with E-state index in [0.717, 1.165) is 11.3 Å². The standard InChI is InChI=1S/C17H21NOS2/c1-12-6-7-16(11-13(12)2)21-14(3)17(19)18-9-8-15-5-4-10-20-15/h4-7,10-11,14H,8-9H2,1-3H3,(H,18,19)/t14-/m0/s1. The second-order valence-electron chi connectivity index (χ2n) is 5.13. The van der Waals surface area contributed by atoms with Crippen LogP contribution in [0.1, 0.15) is 22.9 Å². The van der Waals surface area contributed by atoms with Crippen LogP contribution in [0.5, 0.6) is 0 Å². The third kappa shape index (κ3) is 4.90. The van der Waals surface area contributed by atoms with Gasteiger partial charge in [-0.15, -0.1) is 23.1 Å². The molecule has 0 spiro atoms. The summed E-state index contributed by atoms with van der Waals surface area (Å²) in [7, 11) is 0. The van der Waals surface area contributed by atoms with Crippen LogP contribution in [-0.2, 0) is 11.2 Å². The number of benzene rings is 1. The van der Waals surface area contributed by atoms with Crippen molar-refractivity contribution in [1.29, 1.82) is 0 Å². The van der Waals surface area contributed by atoms with Crippen molar-refractivity contribution >= 4 is 29.0 Å². The number of thioether (sulfide) groups is 1. The van der Waals surface area contributed by atoms with Gasteiger partial charge in [0.2, 0.25) is 5.91 Å². The Kier molecular flexibility index (Phi) is 5.88. The van der Waals surface area contributed by atoms with E-state index in [1.165, 1.54) is 16.0 Å². The van der Waals surface area contributed by atoms with E-state index in [0.29, 0.717) is 6.54 Å². The fourth-order valence-electron chi connectivity index (χ4n) is 1.95. The van der Waals surface area contributed by atoms with E-state index in [1.807, 2.05) is 13.0 Å². The molecule has 0 bridgehead atoms. The van der Waals surface area contributed by atoms with E-state index >= 15 is 0 Å². The number of hydrogen-bond acceptors (Lipinski definition) is 3. The van der Waals surface area contributed by atoms with Crippen molar-refractivity contribution < 1.29 is 4.79 Å². The first kappa shape index (κ1) is 16.1. The van der Waals surface area contributed by atoms with Crippen molar-refractivity contribution in [2.24, 2.45) is 0 Å². The summed E-state index contributed by atoms with van der Waals surface area (Å²) in [6, 6.07) is 10.5. The van der Waals surface area contributed by atoms with Crippen LogP contribution in [0.3, 0.4) is 0 Å². The molecule has 0 aliphatic heterocycles. The number of carbonyl (C=O) groups excluding carboxylic acids is 1. The monoisotopic (exact) mass is 319 g/mol. The molecule has 1 aromatic carbocycles. The van der Waals surface area contributed by atoms with Crippen LogP contribution in [-0.4, -0.2) is 17.7 Å². The summed E-state index contributed by atoms with van der Waals surface area (Å²) in [6.45, 7) is 6.87. The predicted molar refractivity (Wildman–Crippen MR) is 92.3 cm³/mol. The van der Waals surface area contributed by atoms with E-state index in [9.17, 15) is 4.79 Å². The van der Waals surface area contributed by atoms with Gasteiger partial charge in [-0.1, -0.05) is 12.1 Å². The van der Waals surface area contributed by atoms with Gasteiger partial charge in [-0.25, -0.2) is 0 Å². The zero-order valence-corrected chi connectivity index (χ0v) is 14.3. The van der Waals surface area contributed by atoms with Crippen molar-refractivity contribution in [1.82, 2.24) is 5.32 Å². The molecule has 0 radical (unpaired) electrons. The van der Waals surface area contributed by atoms with Gasteiger partial charge in [0.25, 0.3) is 0 Å². The Morgan fingerprint density at radius 2 is 2.10 bits per heavy atom. The zero-order valence-electron chi connectivity index (χ0n) is 12.7. The average Bonchev–Trinajstić information content (AvgIpc) is 2.96. The third-order valence-electron chi connectivity index (χ3n) is 3.41. The number of aryl methyl sites for hydroxylation is 2. The van der Waals surface area contributed by atoms with Crippen molar-refractivity contribution in [3.8, 4) is 0 Å². The van der Waals surface area contributed by atoms with Gasteiger partial charge in [-0.3, -0.25) is 4.79 Å². The maximum atomic E-state index is 12.1. The lowest BCUT2D eigenvalue weighted by Gasteiger charge is -2.12. The molecule has 0 fully saturated rings. The average molecular weight is 319 g/mol. The topological polar surface area (TPSA) is 29.1 Å². The van der Waals surface area contributed by atoms with Crippen LogP contribution in [0.25, 0.3) is 0 Å². The largest absolute Gasteiger partial charge is 0.355 e. The SMILES string of the molecule is Cc1ccc(S[C@@H](C)C(=O)NCCc2cccs2)cc1C. The second kappa shape index (κ2) is 7.66. The maximum Gasteiger partial charge on any atom is 0.233 e. The molecule has 2 nitrogen and oxygen atoms in total. The van der Waals surface area contributed by atoms with Gasteiger partial charge in [-0.2, -0.15) is 0 Å². The third-order valence-corrected chi connectivity index (χ3v) is 5.44. The molecule has 0 aliphatic carbocycles. The molecule has 2 aromatic rings. The Balaban J connectivity index is 1.80. The molecule has 1 N–H and O–H groups in total. The summed E-state index contributed by atoms with van der Waals surface area (Å²) in [5.74, 6) is 0.106. The Hall–Kier alpha value is -1.26. The van der Waals surface area contributed by atoms with E-state index in [2.05, 4.69) is 48.8 Å². The lowest BCUT2D eigenvalue weighted by atomic mass is 10.1. The Labute approximate surface area is 135 Å². The molecule has 2 rings (SSSR count). The molecular formula is C17H21NOS2. The van der Waals surface area contributed by atoms with Crippen LogP contribution in [0, 0.1) is 13.8 Å². The summed E-state index contributed by atoms with van der Waals surface area (Å²) >= 11 is 3.35. The van der Waals surface area contributed by atoms with Crippen molar-refractivity contribution in [2.75, 3.05) is 6.54 Å². The molecule has 0 aliphatic rings. The summed E-state index contributed by atoms with van der Waals surface area (Å²) in [5.41, 5.74) is 2.55. The van der Waals surface area contributed by atoms with Gasteiger partial charge in [0.05, 0.1) is 5.25 Å². The number of nitrogens with one attached hydrogen (secondary N) is 1. The minimum absolute atomic E-state index is 0.0737. The van der Waals surface area contributed by atoms with Gasteiger partial charge < -0.3 is 5.32 Å². The van der Waals surface area contributed by atoms with Crippen molar-refractivity contribution in [2.45, 2.75) is 37.3 Å². The number of thiophene rings is 1. The van der Waals surface area contributed by atoms with Crippen molar-refractivity contribution in [3.05, 3.63) is 51.7 Å². The Morgan fingerprint density at radius 1 is 1.29 bits per heavy atom. The summed E-state index contributed by atoms with van der Waals surface area (Å²) < 4.78 is 0. The minimum atomic E-state index is -0.0737. The van der Waals surface area contributed by atoms with Gasteiger partial charge in [0.1, 0.15) is 0 Å². The lowest BCUT2D eigenvalue weighted by molar-refractivity contribution is -0.120. The first-order chi connectivity index (χ1) is 10.1. The lowest BCUT2D eigenvalue weighted by Crippen LogP contribution is -2.32. The molecule has 1 heterocycles. The van der Waals surface area contributed by atoms with Crippen LogP contribution in [0.15, 0.2) is 40.6 Å². The first-order valence-corrected chi connectivity index (χ1v) is 8.86. The fourth-order valence-corrected chi connectivity index (χ4v) is 3.65. The van der Waals surface area contributed by atoms with Crippen LogP contribution in [0.2, 0.25) is 0 Å². The first-order valence-electron chi connectivity index (χ1n) is 7.10. The van der Waals surface area contributed by atoms with Crippen molar-refractivity contribution in [3.63, 3.8) is 0 Å². The highest BCUT2D eigenvalue weighted by molar-refractivity contribution is 8.00. The molecule has 0 saturated heterocycles. The summed E-state index contributed by atoms with van der Waals surface area (Å²) in [5, 5.41) is 5.01. The van der Waals surface area contributed by atoms with Gasteiger partial charge in [-0.05, 0) is 61.9 Å². The summed E-state index contributed by atoms with van der Waals surface area (Å²) in [6.07, 6.45) is 0.907. The van der Waals surface area contributed by atoms with Crippen LogP contribution >= 0.6 is 23.1 Å². The smallest absolute Gasteiger partial charge is 0.233 e. The zero-order chi connectivity index (χ0) is 15.2. The van der Waals surface area contributed by atoms with E-state index in [4.69, 9.17) is 0 Å². The molecule has 0 unspecified atom stereocenters. The molecule has 112 valence electrons. The maximum absolute atomic E-state index is 12.1. The van der Waals surface area contributed by atoms with Gasteiger partial charge >= 0.3 is 0 Å². The molecule has 1 aromatic heterocycles. The fraction of sp³-hybridized carbons (Fsp3) is 0.353. The predicted octanol–water partition coefficient (Wildman–Crippen LogP) is 4.20. The number of amides is 1. The van der Waals surface area contributed by atoms with Gasteiger partial charge in [0, 0.05) is 16.3 Å². The molecule has 4 heteroatoms. The number of rotatable bonds is 6. The van der Waals surface area contributed by atoms with Gasteiger partial charge in [0.15, 0.2) is 0 Å². The minimum Gasteiger partial charge on any atom is -0.355 e. The number of hydrogen-bond donors (Lipinski definition) is 1. The molecule has 0 saturated carbocycles. The Morgan fingerprint density at radius 3 is 2.76 bits per heavy atom. The summed E-state index contributed by atoms with van der Waals surface area (Å²) in [4.78, 5) is 14.6. The Bertz CT molecular complexity index is 593. The van der Waals surface area contributed by atoms with E-state index in [-0.39, 0.29) is 11.2 Å². The van der Waals surface area contributed by atoms with E-state index in [1.54, 1.807) is 23.1 Å². The molecule has 1 atom stereocenters. The highest BCUT2D eigenvalue weighted by Crippen LogP contribution is 2.25. The highest BCUT2D eigenvalue weighted by Gasteiger charge is 2.14. The van der Waals surface area contributed by atoms with E-state index < -0.39 is 0 Å².